The van der Waals surface area contributed by atoms with Crippen LogP contribution in [0.1, 0.15) is 31.7 Å². The van der Waals surface area contributed by atoms with Gasteiger partial charge in [0, 0.05) is 40.0 Å². The Bertz CT molecular complexity index is 443. The van der Waals surface area contributed by atoms with Crippen LogP contribution in [0.15, 0.2) is 21.8 Å². The van der Waals surface area contributed by atoms with Crippen LogP contribution < -0.4 is 5.32 Å². The monoisotopic (exact) mass is 339 g/mol. The number of nitrogens with one attached hydrogen (secondary N) is 1. The van der Waals surface area contributed by atoms with Crippen molar-refractivity contribution >= 4 is 17.3 Å². The molecule has 1 saturated heterocycles. The number of hydrogen-bond donors (Lipinski definition) is 1. The third-order valence-corrected chi connectivity index (χ3v) is 4.65. The van der Waals surface area contributed by atoms with Gasteiger partial charge in [0.25, 0.3) is 0 Å². The van der Waals surface area contributed by atoms with Gasteiger partial charge in [-0.15, -0.1) is 0 Å². The van der Waals surface area contributed by atoms with Gasteiger partial charge in [0.15, 0.2) is 5.96 Å². The summed E-state index contributed by atoms with van der Waals surface area (Å²) in [5.74, 6) is 1.02. The molecule has 0 aromatic carbocycles. The van der Waals surface area contributed by atoms with Crippen molar-refractivity contribution in [2.75, 3.05) is 40.0 Å². The van der Waals surface area contributed by atoms with Crippen molar-refractivity contribution in [1.82, 2.24) is 10.2 Å². The molecule has 2 heterocycles. The summed E-state index contributed by atoms with van der Waals surface area (Å²) in [5.41, 5.74) is 1.28. The van der Waals surface area contributed by atoms with Gasteiger partial charge in [-0.2, -0.15) is 11.3 Å². The van der Waals surface area contributed by atoms with Gasteiger partial charge < -0.3 is 19.7 Å². The molecule has 0 saturated carbocycles. The largest absolute Gasteiger partial charge is 0.385 e. The van der Waals surface area contributed by atoms with E-state index in [9.17, 15) is 0 Å². The van der Waals surface area contributed by atoms with Gasteiger partial charge in [0.05, 0.1) is 12.6 Å². The van der Waals surface area contributed by atoms with E-state index in [0.717, 1.165) is 64.6 Å². The molecule has 2 rings (SSSR count). The first kappa shape index (κ1) is 18.2. The number of thiophene rings is 1. The first-order valence-electron chi connectivity index (χ1n) is 8.48. The molecule has 1 aliphatic heterocycles. The van der Waals surface area contributed by atoms with Crippen molar-refractivity contribution < 1.29 is 9.47 Å². The fraction of sp³-hybridized carbons (Fsp3) is 0.706. The van der Waals surface area contributed by atoms with E-state index < -0.39 is 0 Å². The molecule has 130 valence electrons. The van der Waals surface area contributed by atoms with Gasteiger partial charge in [-0.1, -0.05) is 0 Å². The van der Waals surface area contributed by atoms with Crippen molar-refractivity contribution in [2.24, 2.45) is 4.99 Å². The average Bonchev–Trinajstić information content (AvgIpc) is 3.10. The predicted octanol–water partition coefficient (Wildman–Crippen LogP) is 2.73. The Morgan fingerprint density at radius 3 is 2.87 bits per heavy atom. The summed E-state index contributed by atoms with van der Waals surface area (Å²) in [5, 5.41) is 7.67. The Balaban J connectivity index is 1.77. The third-order valence-electron chi connectivity index (χ3n) is 3.91. The number of likely N-dealkylation sites (tertiary alicyclic amines) is 1. The van der Waals surface area contributed by atoms with Crippen molar-refractivity contribution in [3.63, 3.8) is 0 Å². The first-order chi connectivity index (χ1) is 11.3. The number of piperidine rings is 1. The lowest BCUT2D eigenvalue weighted by molar-refractivity contribution is 0.00990. The lowest BCUT2D eigenvalue weighted by Crippen LogP contribution is -2.47. The second kappa shape index (κ2) is 10.6. The zero-order valence-electron chi connectivity index (χ0n) is 14.3. The van der Waals surface area contributed by atoms with Crippen LogP contribution in [-0.4, -0.2) is 56.9 Å². The zero-order valence-corrected chi connectivity index (χ0v) is 15.1. The Kier molecular flexibility index (Phi) is 8.42. The number of aliphatic imine (C=N–C) groups is 1. The lowest BCUT2D eigenvalue weighted by Gasteiger charge is -2.34. The van der Waals surface area contributed by atoms with Crippen LogP contribution in [0.3, 0.4) is 0 Å². The van der Waals surface area contributed by atoms with Crippen LogP contribution in [0.25, 0.3) is 0 Å². The lowest BCUT2D eigenvalue weighted by atomic mass is 10.1. The van der Waals surface area contributed by atoms with Gasteiger partial charge >= 0.3 is 0 Å². The number of nitrogens with zero attached hydrogens (tertiary/aromatic N) is 2. The number of rotatable bonds is 8. The van der Waals surface area contributed by atoms with Gasteiger partial charge in [-0.05, 0) is 48.6 Å². The molecule has 0 radical (unpaired) electrons. The fourth-order valence-corrected chi connectivity index (χ4v) is 3.32. The number of methoxy groups -OCH3 is 1. The maximum Gasteiger partial charge on any atom is 0.194 e. The highest BCUT2D eigenvalue weighted by Gasteiger charge is 2.21. The van der Waals surface area contributed by atoms with E-state index in [1.165, 1.54) is 5.56 Å². The van der Waals surface area contributed by atoms with Crippen LogP contribution in [0.4, 0.5) is 0 Å². The molecular formula is C17H29N3O2S. The topological polar surface area (TPSA) is 46.1 Å². The van der Waals surface area contributed by atoms with E-state index in [1.807, 2.05) is 0 Å². The van der Waals surface area contributed by atoms with Gasteiger partial charge in [-0.3, -0.25) is 0 Å². The summed E-state index contributed by atoms with van der Waals surface area (Å²) in [6.45, 7) is 7.35. The maximum absolute atomic E-state index is 5.93. The van der Waals surface area contributed by atoms with Crippen LogP contribution in [0, 0.1) is 0 Å². The molecule has 1 N–H and O–H groups in total. The quantitative estimate of drug-likeness (QED) is 0.449. The van der Waals surface area contributed by atoms with E-state index in [-0.39, 0.29) is 0 Å². The van der Waals surface area contributed by atoms with Crippen molar-refractivity contribution in [3.05, 3.63) is 22.4 Å². The molecule has 0 atom stereocenters. The molecule has 1 aromatic rings. The minimum absolute atomic E-state index is 0.378. The minimum atomic E-state index is 0.378. The van der Waals surface area contributed by atoms with E-state index >= 15 is 0 Å². The highest BCUT2D eigenvalue weighted by Crippen LogP contribution is 2.15. The Labute approximate surface area is 143 Å². The zero-order chi connectivity index (χ0) is 16.3. The molecule has 0 unspecified atom stereocenters. The second-order valence-electron chi connectivity index (χ2n) is 5.71. The fourth-order valence-electron chi connectivity index (χ4n) is 2.66. The van der Waals surface area contributed by atoms with Crippen LogP contribution in [-0.2, 0) is 16.0 Å². The molecule has 1 aliphatic rings. The molecular weight excluding hydrogens is 310 g/mol. The van der Waals surface area contributed by atoms with Crippen molar-refractivity contribution in [3.8, 4) is 0 Å². The summed E-state index contributed by atoms with van der Waals surface area (Å²) >= 11 is 1.72. The summed E-state index contributed by atoms with van der Waals surface area (Å²) in [4.78, 5) is 7.12. The van der Waals surface area contributed by atoms with Crippen molar-refractivity contribution in [2.45, 2.75) is 38.8 Å². The highest BCUT2D eigenvalue weighted by molar-refractivity contribution is 7.07. The number of hydrogen-bond acceptors (Lipinski definition) is 4. The van der Waals surface area contributed by atoms with Gasteiger partial charge in [-0.25, -0.2) is 4.99 Å². The molecule has 1 fully saturated rings. The molecule has 5 nitrogen and oxygen atoms in total. The Morgan fingerprint density at radius 1 is 1.39 bits per heavy atom. The van der Waals surface area contributed by atoms with Crippen LogP contribution >= 0.6 is 11.3 Å². The summed E-state index contributed by atoms with van der Waals surface area (Å²) in [6.07, 6.45) is 3.48. The second-order valence-corrected chi connectivity index (χ2v) is 6.49. The molecule has 0 amide bonds. The first-order valence-corrected chi connectivity index (χ1v) is 9.42. The van der Waals surface area contributed by atoms with Gasteiger partial charge in [0.1, 0.15) is 0 Å². The number of guanidine groups is 1. The summed E-state index contributed by atoms with van der Waals surface area (Å²) in [6, 6.07) is 2.14. The average molecular weight is 340 g/mol. The third kappa shape index (κ3) is 6.49. The predicted molar refractivity (Wildman–Crippen MR) is 96.2 cm³/mol. The van der Waals surface area contributed by atoms with E-state index in [4.69, 9.17) is 14.5 Å². The minimum Gasteiger partial charge on any atom is -0.385 e. The Hall–Kier alpha value is -1.11. The summed E-state index contributed by atoms with van der Waals surface area (Å²) < 4.78 is 11.0. The van der Waals surface area contributed by atoms with Crippen molar-refractivity contribution in [1.29, 1.82) is 0 Å². The summed E-state index contributed by atoms with van der Waals surface area (Å²) in [7, 11) is 1.73. The number of ether oxygens (including phenoxy) is 2. The molecule has 0 aliphatic carbocycles. The normalized spacial score (nSPS) is 16.8. The molecule has 1 aromatic heterocycles. The van der Waals surface area contributed by atoms with Crippen LogP contribution in [0.5, 0.6) is 0 Å². The smallest absolute Gasteiger partial charge is 0.194 e. The molecule has 23 heavy (non-hydrogen) atoms. The SMILES string of the molecule is CCNC(=NCc1ccsc1)N1CCC(OCCCOC)CC1. The highest BCUT2D eigenvalue weighted by atomic mass is 32.1. The molecule has 0 spiro atoms. The molecule has 0 bridgehead atoms. The Morgan fingerprint density at radius 2 is 2.22 bits per heavy atom. The maximum atomic E-state index is 5.93. The van der Waals surface area contributed by atoms with E-state index in [0.29, 0.717) is 6.10 Å². The van der Waals surface area contributed by atoms with E-state index in [2.05, 4.69) is 34.0 Å². The molecule has 6 heteroatoms. The standard InChI is InChI=1S/C17H29N3O2S/c1-3-18-17(19-13-15-7-12-23-14-15)20-8-5-16(6-9-20)22-11-4-10-21-2/h7,12,14,16H,3-6,8-11,13H2,1-2H3,(H,18,19). The van der Waals surface area contributed by atoms with Crippen LogP contribution in [0.2, 0.25) is 0 Å². The van der Waals surface area contributed by atoms with Gasteiger partial charge in [0.2, 0.25) is 0 Å². The van der Waals surface area contributed by atoms with E-state index in [1.54, 1.807) is 18.4 Å².